The van der Waals surface area contributed by atoms with Crippen LogP contribution in [-0.2, 0) is 21.2 Å². The monoisotopic (exact) mass is 371 g/mol. The molecule has 0 N–H and O–H groups in total. The molecular formula is C17H29N3O4S. The number of hydrogen-bond donors (Lipinski definition) is 0. The molecule has 1 aromatic heterocycles. The highest BCUT2D eigenvalue weighted by molar-refractivity contribution is 7.89. The number of ether oxygens (including phenoxy) is 1. The fraction of sp³-hybridized carbons (Fsp3) is 0.882. The fourth-order valence-electron chi connectivity index (χ4n) is 3.71. The average Bonchev–Trinajstić information content (AvgIpc) is 3.10. The Kier molecular flexibility index (Phi) is 6.46. The van der Waals surface area contributed by atoms with Crippen molar-refractivity contribution in [1.82, 2.24) is 14.4 Å². The molecule has 0 aliphatic carbocycles. The van der Waals surface area contributed by atoms with Gasteiger partial charge in [0.1, 0.15) is 0 Å². The normalized spacial score (nSPS) is 23.8. The zero-order valence-electron chi connectivity index (χ0n) is 15.0. The highest BCUT2D eigenvalue weighted by atomic mass is 32.2. The molecule has 0 spiro atoms. The number of piperidine rings is 1. The van der Waals surface area contributed by atoms with Crippen molar-refractivity contribution < 1.29 is 17.7 Å². The van der Waals surface area contributed by atoms with Crippen molar-refractivity contribution in [2.45, 2.75) is 57.8 Å². The standard InChI is InChI=1S/C17H29N3O4S/c1-2-12-25(21,22)20-9-3-4-14(13-20)5-6-16-18-17(24-19-16)15-7-10-23-11-8-15/h14-15H,2-13H2,1H3. The molecule has 0 amide bonds. The van der Waals surface area contributed by atoms with Crippen LogP contribution < -0.4 is 0 Å². The Morgan fingerprint density at radius 1 is 1.24 bits per heavy atom. The van der Waals surface area contributed by atoms with Gasteiger partial charge >= 0.3 is 0 Å². The molecule has 0 bridgehead atoms. The minimum Gasteiger partial charge on any atom is -0.381 e. The molecule has 0 aromatic carbocycles. The van der Waals surface area contributed by atoms with E-state index in [0.29, 0.717) is 31.3 Å². The SMILES string of the molecule is CCCS(=O)(=O)N1CCCC(CCc2noc(C3CCOCC3)n2)C1. The summed E-state index contributed by atoms with van der Waals surface area (Å²) in [4.78, 5) is 4.55. The molecule has 2 aliphatic rings. The van der Waals surface area contributed by atoms with E-state index in [1.165, 1.54) is 0 Å². The molecule has 2 fully saturated rings. The second-order valence-electron chi connectivity index (χ2n) is 7.16. The molecule has 0 radical (unpaired) electrons. The lowest BCUT2D eigenvalue weighted by Crippen LogP contribution is -2.41. The molecule has 2 aliphatic heterocycles. The summed E-state index contributed by atoms with van der Waals surface area (Å²) < 4.78 is 37.0. The van der Waals surface area contributed by atoms with Crippen molar-refractivity contribution in [3.63, 3.8) is 0 Å². The maximum absolute atomic E-state index is 12.3. The van der Waals surface area contributed by atoms with E-state index < -0.39 is 10.0 Å². The van der Waals surface area contributed by atoms with Crippen LogP contribution in [0.4, 0.5) is 0 Å². The van der Waals surface area contributed by atoms with Crippen molar-refractivity contribution in [3.05, 3.63) is 11.7 Å². The van der Waals surface area contributed by atoms with Gasteiger partial charge in [0.15, 0.2) is 5.82 Å². The summed E-state index contributed by atoms with van der Waals surface area (Å²) in [5.41, 5.74) is 0. The van der Waals surface area contributed by atoms with Gasteiger partial charge in [0.2, 0.25) is 15.9 Å². The first-order valence-corrected chi connectivity index (χ1v) is 11.1. The summed E-state index contributed by atoms with van der Waals surface area (Å²) in [6.07, 6.45) is 6.21. The zero-order chi connectivity index (χ0) is 17.7. The summed E-state index contributed by atoms with van der Waals surface area (Å²) in [6, 6.07) is 0. The highest BCUT2D eigenvalue weighted by Crippen LogP contribution is 2.27. The van der Waals surface area contributed by atoms with Crippen LogP contribution >= 0.6 is 0 Å². The smallest absolute Gasteiger partial charge is 0.229 e. The predicted molar refractivity (Wildman–Crippen MR) is 93.8 cm³/mol. The summed E-state index contributed by atoms with van der Waals surface area (Å²) >= 11 is 0. The van der Waals surface area contributed by atoms with Crippen LogP contribution in [0.1, 0.15) is 63.1 Å². The lowest BCUT2D eigenvalue weighted by molar-refractivity contribution is 0.0778. The van der Waals surface area contributed by atoms with Crippen molar-refractivity contribution in [3.8, 4) is 0 Å². The first kappa shape index (κ1) is 18.8. The molecular weight excluding hydrogens is 342 g/mol. The summed E-state index contributed by atoms with van der Waals surface area (Å²) in [7, 11) is -3.09. The minimum atomic E-state index is -3.09. The summed E-state index contributed by atoms with van der Waals surface area (Å²) in [5, 5.41) is 4.11. The fourth-order valence-corrected chi connectivity index (χ4v) is 5.33. The van der Waals surface area contributed by atoms with Gasteiger partial charge in [-0.15, -0.1) is 0 Å². The van der Waals surface area contributed by atoms with Crippen molar-refractivity contribution >= 4 is 10.0 Å². The number of hydrogen-bond acceptors (Lipinski definition) is 6. The van der Waals surface area contributed by atoms with E-state index in [4.69, 9.17) is 9.26 Å². The van der Waals surface area contributed by atoms with E-state index >= 15 is 0 Å². The van der Waals surface area contributed by atoms with Crippen LogP contribution in [0.25, 0.3) is 0 Å². The molecule has 1 aromatic rings. The second kappa shape index (κ2) is 8.60. The average molecular weight is 372 g/mol. The van der Waals surface area contributed by atoms with Crippen LogP contribution in [0.15, 0.2) is 4.52 Å². The van der Waals surface area contributed by atoms with Gasteiger partial charge in [-0.05, 0) is 44.4 Å². The number of sulfonamides is 1. The molecule has 1 atom stereocenters. The van der Waals surface area contributed by atoms with Crippen molar-refractivity contribution in [1.29, 1.82) is 0 Å². The maximum atomic E-state index is 12.3. The van der Waals surface area contributed by atoms with Crippen molar-refractivity contribution in [2.75, 3.05) is 32.1 Å². The van der Waals surface area contributed by atoms with Gasteiger partial charge in [-0.2, -0.15) is 4.98 Å². The Labute approximate surface area is 150 Å². The van der Waals surface area contributed by atoms with Gasteiger partial charge in [0, 0.05) is 38.6 Å². The third-order valence-electron chi connectivity index (χ3n) is 5.17. The highest BCUT2D eigenvalue weighted by Gasteiger charge is 2.28. The van der Waals surface area contributed by atoms with Crippen LogP contribution in [-0.4, -0.2) is 54.9 Å². The van der Waals surface area contributed by atoms with Crippen LogP contribution in [0.3, 0.4) is 0 Å². The number of nitrogens with zero attached hydrogens (tertiary/aromatic N) is 3. The summed E-state index contributed by atoms with van der Waals surface area (Å²) in [6.45, 7) is 4.71. The Morgan fingerprint density at radius 2 is 2.04 bits per heavy atom. The van der Waals surface area contributed by atoms with Crippen LogP contribution in [0, 0.1) is 5.92 Å². The van der Waals surface area contributed by atoms with Gasteiger partial charge < -0.3 is 9.26 Å². The molecule has 3 rings (SSSR count). The molecule has 0 saturated carbocycles. The number of rotatable bonds is 7. The third-order valence-corrected chi connectivity index (χ3v) is 7.21. The maximum Gasteiger partial charge on any atom is 0.229 e. The van der Waals surface area contributed by atoms with E-state index in [2.05, 4.69) is 10.1 Å². The molecule has 2 saturated heterocycles. The lowest BCUT2D eigenvalue weighted by atomic mass is 9.94. The van der Waals surface area contributed by atoms with Gasteiger partial charge in [-0.25, -0.2) is 12.7 Å². The van der Waals surface area contributed by atoms with Crippen molar-refractivity contribution in [2.24, 2.45) is 5.92 Å². The molecule has 3 heterocycles. The van der Waals surface area contributed by atoms with Gasteiger partial charge in [0.05, 0.1) is 5.75 Å². The molecule has 1 unspecified atom stereocenters. The van der Waals surface area contributed by atoms with Crippen LogP contribution in [0.2, 0.25) is 0 Å². The van der Waals surface area contributed by atoms with Crippen LogP contribution in [0.5, 0.6) is 0 Å². The van der Waals surface area contributed by atoms with E-state index in [1.807, 2.05) is 6.92 Å². The zero-order valence-corrected chi connectivity index (χ0v) is 15.8. The van der Waals surface area contributed by atoms with E-state index in [1.54, 1.807) is 4.31 Å². The topological polar surface area (TPSA) is 85.5 Å². The second-order valence-corrected chi connectivity index (χ2v) is 9.24. The van der Waals surface area contributed by atoms with E-state index in [9.17, 15) is 8.42 Å². The molecule has 25 heavy (non-hydrogen) atoms. The first-order valence-electron chi connectivity index (χ1n) is 9.46. The van der Waals surface area contributed by atoms with Gasteiger partial charge in [-0.1, -0.05) is 12.1 Å². The third kappa shape index (κ3) is 5.01. The van der Waals surface area contributed by atoms with Gasteiger partial charge in [0.25, 0.3) is 0 Å². The van der Waals surface area contributed by atoms with E-state index in [-0.39, 0.29) is 5.75 Å². The summed E-state index contributed by atoms with van der Waals surface area (Å²) in [5.74, 6) is 2.42. The molecule has 7 nitrogen and oxygen atoms in total. The Morgan fingerprint density at radius 3 is 2.80 bits per heavy atom. The first-order chi connectivity index (χ1) is 12.1. The predicted octanol–water partition coefficient (Wildman–Crippen LogP) is 2.35. The van der Waals surface area contributed by atoms with E-state index in [0.717, 1.165) is 63.5 Å². The number of aryl methyl sites for hydroxylation is 1. The van der Waals surface area contributed by atoms with Gasteiger partial charge in [-0.3, -0.25) is 0 Å². The molecule has 8 heteroatoms. The largest absolute Gasteiger partial charge is 0.381 e. The molecule has 142 valence electrons. The Bertz CT molecular complexity index is 640. The Hall–Kier alpha value is -0.990. The Balaban J connectivity index is 1.50. The number of aromatic nitrogens is 2. The minimum absolute atomic E-state index is 0.249. The lowest BCUT2D eigenvalue weighted by Gasteiger charge is -2.31. The quantitative estimate of drug-likeness (QED) is 0.731.